The maximum absolute atomic E-state index is 13.5. The number of rotatable bonds is 9. The molecule has 0 spiro atoms. The van der Waals surface area contributed by atoms with Crippen LogP contribution in [0.4, 0.5) is 4.39 Å². The molecular formula is C27H23FN3NaO5. The zero-order valence-corrected chi connectivity index (χ0v) is 22.7. The van der Waals surface area contributed by atoms with Crippen molar-refractivity contribution in [2.24, 2.45) is 5.73 Å². The summed E-state index contributed by atoms with van der Waals surface area (Å²) in [5.41, 5.74) is 9.89. The molecule has 0 atom stereocenters. The van der Waals surface area contributed by atoms with Gasteiger partial charge in [-0.15, -0.1) is 0 Å². The van der Waals surface area contributed by atoms with Gasteiger partial charge in [0.15, 0.2) is 0 Å². The van der Waals surface area contributed by atoms with Crippen molar-refractivity contribution in [1.29, 1.82) is 0 Å². The van der Waals surface area contributed by atoms with Crippen LogP contribution in [-0.2, 0) is 22.4 Å². The van der Waals surface area contributed by atoms with Gasteiger partial charge in [0.2, 0.25) is 5.88 Å². The van der Waals surface area contributed by atoms with Crippen molar-refractivity contribution in [3.05, 3.63) is 88.6 Å². The van der Waals surface area contributed by atoms with E-state index in [-0.39, 0.29) is 52.3 Å². The minimum Gasteiger partial charge on any atom is -0.546 e. The number of carboxylic acid groups (broad SMARTS) is 1. The molecule has 1 amide bonds. The number of amides is 1. The summed E-state index contributed by atoms with van der Waals surface area (Å²) in [5, 5.41) is 11.0. The molecule has 0 bridgehead atoms. The number of ether oxygens (including phenoxy) is 1. The molecule has 2 aromatic heterocycles. The average Bonchev–Trinajstić information content (AvgIpc) is 3.15. The first-order valence-electron chi connectivity index (χ1n) is 11.2. The first-order chi connectivity index (χ1) is 17.2. The number of nitrogens with zero attached hydrogens (tertiary/aromatic N) is 2. The second-order valence-electron chi connectivity index (χ2n) is 8.25. The third-order valence-corrected chi connectivity index (χ3v) is 5.88. The summed E-state index contributed by atoms with van der Waals surface area (Å²) in [6.07, 6.45) is 2.41. The molecule has 2 aromatic carbocycles. The summed E-state index contributed by atoms with van der Waals surface area (Å²) in [5.74, 6) is -4.00. The van der Waals surface area contributed by atoms with Crippen LogP contribution >= 0.6 is 0 Å². The number of aromatic nitrogens is 2. The number of Topliss-reactive ketones (excluding diaryl/α,β-unsaturated/α-hetero) is 1. The van der Waals surface area contributed by atoms with E-state index in [0.29, 0.717) is 29.8 Å². The minimum atomic E-state index is -1.46. The Kier molecular flexibility index (Phi) is 8.85. The molecule has 37 heavy (non-hydrogen) atoms. The quantitative estimate of drug-likeness (QED) is 0.182. The summed E-state index contributed by atoms with van der Waals surface area (Å²) in [6.45, 7) is 2.75. The molecule has 4 aromatic rings. The van der Waals surface area contributed by atoms with Gasteiger partial charge in [-0.25, -0.2) is 9.37 Å². The van der Waals surface area contributed by atoms with Gasteiger partial charge in [0.05, 0.1) is 17.2 Å². The van der Waals surface area contributed by atoms with E-state index < -0.39 is 24.3 Å². The summed E-state index contributed by atoms with van der Waals surface area (Å²) in [4.78, 5) is 40.2. The van der Waals surface area contributed by atoms with Crippen molar-refractivity contribution in [3.63, 3.8) is 0 Å². The van der Waals surface area contributed by atoms with Crippen LogP contribution in [0, 0.1) is 12.7 Å². The van der Waals surface area contributed by atoms with Gasteiger partial charge in [-0.3, -0.25) is 9.59 Å². The van der Waals surface area contributed by atoms with E-state index in [0.717, 1.165) is 16.7 Å². The van der Waals surface area contributed by atoms with Gasteiger partial charge in [-0.2, -0.15) is 0 Å². The number of halogens is 1. The fraction of sp³-hybridized carbons (Fsp3) is 0.185. The molecule has 0 aliphatic rings. The predicted octanol–water partition coefficient (Wildman–Crippen LogP) is -0.597. The number of ketones is 1. The average molecular weight is 511 g/mol. The largest absolute Gasteiger partial charge is 1.00 e. The normalized spacial score (nSPS) is 10.7. The second-order valence-corrected chi connectivity index (χ2v) is 8.25. The van der Waals surface area contributed by atoms with E-state index in [1.165, 1.54) is 12.1 Å². The van der Waals surface area contributed by atoms with Crippen molar-refractivity contribution in [1.82, 2.24) is 9.38 Å². The Morgan fingerprint density at radius 1 is 1.11 bits per heavy atom. The Labute approximate surface area is 234 Å². The molecule has 0 saturated heterocycles. The van der Waals surface area contributed by atoms with E-state index in [4.69, 9.17) is 10.5 Å². The number of fused-ring (bicyclic) bond motifs is 1. The number of primary amides is 1. The van der Waals surface area contributed by atoms with Crippen LogP contribution < -0.4 is 45.1 Å². The minimum absolute atomic E-state index is 0. The van der Waals surface area contributed by atoms with Crippen LogP contribution in [0.25, 0.3) is 16.6 Å². The molecule has 2 N–H and O–H groups in total. The van der Waals surface area contributed by atoms with Gasteiger partial charge >= 0.3 is 29.6 Å². The Morgan fingerprint density at radius 2 is 1.78 bits per heavy atom. The van der Waals surface area contributed by atoms with Crippen LogP contribution in [0.15, 0.2) is 54.7 Å². The molecule has 0 fully saturated rings. The van der Waals surface area contributed by atoms with Crippen LogP contribution in [0.5, 0.6) is 5.88 Å². The van der Waals surface area contributed by atoms with Crippen LogP contribution in [0.2, 0.25) is 0 Å². The number of hydrogen-bond acceptors (Lipinski definition) is 6. The first-order valence-corrected chi connectivity index (χ1v) is 11.2. The van der Waals surface area contributed by atoms with Crippen molar-refractivity contribution < 1.29 is 58.2 Å². The van der Waals surface area contributed by atoms with Gasteiger partial charge in [0.1, 0.15) is 17.9 Å². The topological polar surface area (TPSA) is 127 Å². The Balaban J connectivity index is 0.00000380. The standard InChI is InChI=1S/C27H24FN3O5.Na/c1-3-19-21(12-17-6-4-5-7-20(17)16-8-10-18(28)11-9-16)31-13-15(2)30-27(36-14-22(32)33)24(31)23(19)25(34)26(29)35;/h4-11,13H,3,12,14H2,1-2H3,(H2,29,35)(H,32,33);/q;+1/p-1. The molecule has 0 aliphatic carbocycles. The SMILES string of the molecule is CCc1c(C(=O)C(N)=O)c2c(OCC(=O)[O-])nc(C)cn2c1Cc1ccccc1-c1ccc(F)cc1.[Na+]. The maximum Gasteiger partial charge on any atom is 1.00 e. The predicted molar refractivity (Wildman–Crippen MR) is 128 cm³/mol. The zero-order valence-electron chi connectivity index (χ0n) is 20.7. The van der Waals surface area contributed by atoms with Crippen LogP contribution in [0.1, 0.15) is 39.8 Å². The van der Waals surface area contributed by atoms with Crippen molar-refractivity contribution in [2.75, 3.05) is 6.61 Å². The number of aliphatic carboxylic acids is 1. The van der Waals surface area contributed by atoms with Gasteiger partial charge in [0.25, 0.3) is 11.7 Å². The van der Waals surface area contributed by atoms with Gasteiger partial charge in [-0.1, -0.05) is 43.3 Å². The number of aryl methyl sites for hydroxylation is 1. The third-order valence-electron chi connectivity index (χ3n) is 5.88. The summed E-state index contributed by atoms with van der Waals surface area (Å²) >= 11 is 0. The molecule has 0 saturated carbocycles. The second kappa shape index (κ2) is 11.7. The van der Waals surface area contributed by atoms with Crippen molar-refractivity contribution in [3.8, 4) is 17.0 Å². The molecule has 4 rings (SSSR count). The fourth-order valence-corrected chi connectivity index (χ4v) is 4.40. The van der Waals surface area contributed by atoms with E-state index in [1.54, 1.807) is 29.7 Å². The molecule has 0 aliphatic heterocycles. The fourth-order valence-electron chi connectivity index (χ4n) is 4.40. The van der Waals surface area contributed by atoms with Crippen LogP contribution in [0.3, 0.4) is 0 Å². The van der Waals surface area contributed by atoms with E-state index >= 15 is 0 Å². The van der Waals surface area contributed by atoms with E-state index in [9.17, 15) is 23.9 Å². The Hall–Kier alpha value is -3.53. The molecule has 0 radical (unpaired) electrons. The molecule has 10 heteroatoms. The summed E-state index contributed by atoms with van der Waals surface area (Å²) in [7, 11) is 0. The number of nitrogens with two attached hydrogens (primary N) is 1. The monoisotopic (exact) mass is 511 g/mol. The summed E-state index contributed by atoms with van der Waals surface area (Å²) < 4.78 is 20.6. The molecule has 184 valence electrons. The Bertz CT molecular complexity index is 1500. The third kappa shape index (κ3) is 5.74. The first kappa shape index (κ1) is 28.0. The molecule has 2 heterocycles. The van der Waals surface area contributed by atoms with Gasteiger partial charge < -0.3 is 24.8 Å². The number of carboxylic acids is 1. The molecular weight excluding hydrogens is 488 g/mol. The number of carbonyl (C=O) groups excluding carboxylic acids is 3. The number of benzene rings is 2. The molecule has 8 nitrogen and oxygen atoms in total. The van der Waals surface area contributed by atoms with Crippen molar-refractivity contribution in [2.45, 2.75) is 26.7 Å². The van der Waals surface area contributed by atoms with Gasteiger partial charge in [-0.05, 0) is 47.7 Å². The molecule has 0 unspecified atom stereocenters. The van der Waals surface area contributed by atoms with Gasteiger partial charge in [0, 0.05) is 18.3 Å². The number of hydrogen-bond donors (Lipinski definition) is 1. The Morgan fingerprint density at radius 3 is 2.41 bits per heavy atom. The maximum atomic E-state index is 13.5. The van der Waals surface area contributed by atoms with Crippen molar-refractivity contribution >= 4 is 23.2 Å². The zero-order chi connectivity index (χ0) is 26.0. The smallest absolute Gasteiger partial charge is 0.546 e. The van der Waals surface area contributed by atoms with Crippen LogP contribution in [-0.4, -0.2) is 33.7 Å². The summed E-state index contributed by atoms with van der Waals surface area (Å²) in [6, 6.07) is 13.7. The van der Waals surface area contributed by atoms with E-state index in [2.05, 4.69) is 4.98 Å². The number of carbonyl (C=O) groups is 3. The van der Waals surface area contributed by atoms with E-state index in [1.807, 2.05) is 31.2 Å².